The van der Waals surface area contributed by atoms with Gasteiger partial charge in [-0.3, -0.25) is 0 Å². The van der Waals surface area contributed by atoms with Crippen LogP contribution in [0.1, 0.15) is 17.1 Å². The average Bonchev–Trinajstić information content (AvgIpc) is 2.97. The maximum atomic E-state index is 4.56. The van der Waals surface area contributed by atoms with Crippen molar-refractivity contribution >= 4 is 28.9 Å². The zero-order valence-corrected chi connectivity index (χ0v) is 13.3. The number of aryl methyl sites for hydroxylation is 2. The molecule has 5 nitrogen and oxygen atoms in total. The van der Waals surface area contributed by atoms with E-state index in [1.807, 2.05) is 19.4 Å². The van der Waals surface area contributed by atoms with Gasteiger partial charge in [-0.25, -0.2) is 0 Å². The van der Waals surface area contributed by atoms with Crippen molar-refractivity contribution in [3.8, 4) is 0 Å². The fraction of sp³-hybridized carbons (Fsp3) is 0.267. The molecule has 108 valence electrons. The Kier molecular flexibility index (Phi) is 3.55. The Morgan fingerprint density at radius 1 is 1.19 bits per heavy atom. The Bertz CT molecular complexity index is 828. The summed E-state index contributed by atoms with van der Waals surface area (Å²) in [5, 5.41) is 14.7. The molecular weight excluding hydrogens is 282 g/mol. The van der Waals surface area contributed by atoms with Gasteiger partial charge in [0.25, 0.3) is 0 Å². The minimum absolute atomic E-state index is 0.786. The van der Waals surface area contributed by atoms with Crippen LogP contribution in [0.15, 0.2) is 34.5 Å². The van der Waals surface area contributed by atoms with Crippen LogP contribution < -0.4 is 0 Å². The minimum Gasteiger partial charge on any atom is -0.347 e. The number of fused-ring (bicyclic) bond motifs is 1. The molecule has 0 atom stereocenters. The molecule has 2 aromatic heterocycles. The monoisotopic (exact) mass is 299 g/mol. The molecule has 0 unspecified atom stereocenters. The van der Waals surface area contributed by atoms with Crippen LogP contribution in [0.4, 0.5) is 0 Å². The molecule has 0 radical (unpaired) electrons. The first-order valence-corrected chi connectivity index (χ1v) is 7.90. The topological polar surface area (TPSA) is 48.0 Å². The van der Waals surface area contributed by atoms with E-state index in [0.29, 0.717) is 0 Å². The van der Waals surface area contributed by atoms with Crippen molar-refractivity contribution in [2.75, 3.05) is 6.26 Å². The lowest BCUT2D eigenvalue weighted by atomic mass is 10.1. The van der Waals surface area contributed by atoms with Crippen LogP contribution in [0.5, 0.6) is 0 Å². The highest BCUT2D eigenvalue weighted by Crippen LogP contribution is 2.23. The maximum Gasteiger partial charge on any atom is 0.211 e. The summed E-state index contributed by atoms with van der Waals surface area (Å²) in [6, 6.07) is 8.35. The SMILES string of the molecule is CSc1nnc(C)n1/N=C\c1c(C)n(C)c2ccccc12. The summed E-state index contributed by atoms with van der Waals surface area (Å²) in [5.41, 5.74) is 3.53. The number of nitrogens with zero attached hydrogens (tertiary/aromatic N) is 5. The summed E-state index contributed by atoms with van der Waals surface area (Å²) in [6.45, 7) is 4.01. The van der Waals surface area contributed by atoms with Crippen molar-refractivity contribution in [2.45, 2.75) is 19.0 Å². The molecule has 0 aliphatic rings. The number of para-hydroxylation sites is 1. The van der Waals surface area contributed by atoms with Gasteiger partial charge in [-0.05, 0) is 26.2 Å². The third-order valence-corrected chi connectivity index (χ3v) is 4.32. The van der Waals surface area contributed by atoms with E-state index in [4.69, 9.17) is 0 Å². The second kappa shape index (κ2) is 5.37. The van der Waals surface area contributed by atoms with Crippen LogP contribution in [0, 0.1) is 13.8 Å². The van der Waals surface area contributed by atoms with Gasteiger partial charge in [0.15, 0.2) is 5.82 Å². The Hall–Kier alpha value is -2.08. The third-order valence-electron chi connectivity index (χ3n) is 3.70. The molecule has 0 fully saturated rings. The molecule has 0 saturated carbocycles. The van der Waals surface area contributed by atoms with Crippen molar-refractivity contribution < 1.29 is 0 Å². The second-order valence-corrected chi connectivity index (χ2v) is 5.64. The highest BCUT2D eigenvalue weighted by atomic mass is 32.2. The normalized spacial score (nSPS) is 11.8. The Balaban J connectivity index is 2.12. The minimum atomic E-state index is 0.786. The lowest BCUT2D eigenvalue weighted by Crippen LogP contribution is -1.97. The molecule has 0 spiro atoms. The van der Waals surface area contributed by atoms with E-state index < -0.39 is 0 Å². The Labute approximate surface area is 127 Å². The molecule has 3 aromatic rings. The molecule has 0 amide bonds. The van der Waals surface area contributed by atoms with Crippen LogP contribution >= 0.6 is 11.8 Å². The predicted octanol–water partition coefficient (Wildman–Crippen LogP) is 2.99. The summed E-state index contributed by atoms with van der Waals surface area (Å²) in [7, 11) is 2.08. The predicted molar refractivity (Wildman–Crippen MR) is 87.2 cm³/mol. The number of rotatable bonds is 3. The maximum absolute atomic E-state index is 4.56. The highest BCUT2D eigenvalue weighted by Gasteiger charge is 2.10. The number of aromatic nitrogens is 4. The van der Waals surface area contributed by atoms with Gasteiger partial charge in [0.2, 0.25) is 5.16 Å². The molecule has 2 heterocycles. The smallest absolute Gasteiger partial charge is 0.211 e. The molecule has 0 saturated heterocycles. The largest absolute Gasteiger partial charge is 0.347 e. The van der Waals surface area contributed by atoms with Gasteiger partial charge in [0, 0.05) is 29.2 Å². The van der Waals surface area contributed by atoms with Gasteiger partial charge in [-0.2, -0.15) is 9.78 Å². The zero-order valence-electron chi connectivity index (χ0n) is 12.5. The quantitative estimate of drug-likeness (QED) is 0.552. The zero-order chi connectivity index (χ0) is 15.0. The van der Waals surface area contributed by atoms with Crippen LogP contribution in [0.2, 0.25) is 0 Å². The molecular formula is C15H17N5S. The van der Waals surface area contributed by atoms with Gasteiger partial charge in [0.1, 0.15) is 0 Å². The van der Waals surface area contributed by atoms with E-state index in [1.165, 1.54) is 28.4 Å². The Morgan fingerprint density at radius 3 is 2.71 bits per heavy atom. The second-order valence-electron chi connectivity index (χ2n) is 4.87. The molecule has 3 rings (SSSR count). The summed E-state index contributed by atoms with van der Waals surface area (Å²) in [5.74, 6) is 0.786. The first-order chi connectivity index (χ1) is 10.1. The van der Waals surface area contributed by atoms with Crippen LogP contribution in [-0.4, -0.2) is 31.9 Å². The number of hydrogen-bond acceptors (Lipinski definition) is 4. The third kappa shape index (κ3) is 2.25. The lowest BCUT2D eigenvalue weighted by molar-refractivity contribution is 0.745. The summed E-state index contributed by atoms with van der Waals surface area (Å²) in [4.78, 5) is 0. The lowest BCUT2D eigenvalue weighted by Gasteiger charge is -1.99. The van der Waals surface area contributed by atoms with E-state index in [1.54, 1.807) is 4.68 Å². The number of thioether (sulfide) groups is 1. The first kappa shape index (κ1) is 13.9. The van der Waals surface area contributed by atoms with E-state index >= 15 is 0 Å². The van der Waals surface area contributed by atoms with Gasteiger partial charge in [0.05, 0.1) is 6.21 Å². The van der Waals surface area contributed by atoms with Crippen LogP contribution in [-0.2, 0) is 7.05 Å². The highest BCUT2D eigenvalue weighted by molar-refractivity contribution is 7.98. The van der Waals surface area contributed by atoms with Crippen molar-refractivity contribution in [3.63, 3.8) is 0 Å². The number of benzene rings is 1. The van der Waals surface area contributed by atoms with Crippen molar-refractivity contribution in [2.24, 2.45) is 12.1 Å². The summed E-state index contributed by atoms with van der Waals surface area (Å²) in [6.07, 6.45) is 3.87. The van der Waals surface area contributed by atoms with E-state index in [0.717, 1.165) is 16.5 Å². The van der Waals surface area contributed by atoms with E-state index in [9.17, 15) is 0 Å². The molecule has 21 heavy (non-hydrogen) atoms. The average molecular weight is 299 g/mol. The van der Waals surface area contributed by atoms with E-state index in [-0.39, 0.29) is 0 Å². The van der Waals surface area contributed by atoms with Gasteiger partial charge in [-0.15, -0.1) is 10.2 Å². The van der Waals surface area contributed by atoms with Crippen molar-refractivity contribution in [1.29, 1.82) is 0 Å². The molecule has 0 bridgehead atoms. The van der Waals surface area contributed by atoms with Crippen molar-refractivity contribution in [3.05, 3.63) is 41.3 Å². The number of hydrogen-bond donors (Lipinski definition) is 0. The first-order valence-electron chi connectivity index (χ1n) is 6.68. The standard InChI is InChI=1S/C15H17N5S/c1-10-13(12-7-5-6-8-14(12)19(10)3)9-16-20-11(2)17-18-15(20)21-4/h5-9H,1-4H3/b16-9-. The van der Waals surface area contributed by atoms with Crippen molar-refractivity contribution in [1.82, 2.24) is 19.4 Å². The molecule has 0 aliphatic carbocycles. The van der Waals surface area contributed by atoms with Gasteiger partial charge >= 0.3 is 0 Å². The summed E-state index contributed by atoms with van der Waals surface area (Å²) >= 11 is 1.53. The molecule has 6 heteroatoms. The Morgan fingerprint density at radius 2 is 1.95 bits per heavy atom. The van der Waals surface area contributed by atoms with Crippen LogP contribution in [0.25, 0.3) is 10.9 Å². The summed E-state index contributed by atoms with van der Waals surface area (Å²) < 4.78 is 3.96. The fourth-order valence-electron chi connectivity index (χ4n) is 2.43. The van der Waals surface area contributed by atoms with Crippen LogP contribution in [0.3, 0.4) is 0 Å². The molecule has 0 aliphatic heterocycles. The fourth-order valence-corrected chi connectivity index (χ4v) is 2.90. The molecule has 0 N–H and O–H groups in total. The van der Waals surface area contributed by atoms with E-state index in [2.05, 4.69) is 58.1 Å². The van der Waals surface area contributed by atoms with Gasteiger partial charge < -0.3 is 4.57 Å². The molecule has 1 aromatic carbocycles. The van der Waals surface area contributed by atoms with Gasteiger partial charge in [-0.1, -0.05) is 30.0 Å².